The van der Waals surface area contributed by atoms with Gasteiger partial charge >= 0.3 is 0 Å². The van der Waals surface area contributed by atoms with Gasteiger partial charge in [0.25, 0.3) is 0 Å². The summed E-state index contributed by atoms with van der Waals surface area (Å²) in [4.78, 5) is 0. The van der Waals surface area contributed by atoms with Crippen LogP contribution in [0.4, 0.5) is 0 Å². The van der Waals surface area contributed by atoms with Gasteiger partial charge in [-0.05, 0) is 42.5 Å². The summed E-state index contributed by atoms with van der Waals surface area (Å²) in [5.74, 6) is 1.27. The van der Waals surface area contributed by atoms with Crippen molar-refractivity contribution in [3.63, 3.8) is 0 Å². The topological polar surface area (TPSA) is 26.0 Å². The van der Waals surface area contributed by atoms with Crippen LogP contribution in [-0.2, 0) is 6.42 Å². The Hall–Kier alpha value is -0.530. The monoisotopic (exact) mass is 225 g/mol. The molecule has 2 heteroatoms. The second kappa shape index (κ2) is 6.14. The molecule has 0 aliphatic heterocycles. The first-order chi connectivity index (χ1) is 7.17. The lowest BCUT2D eigenvalue weighted by Crippen LogP contribution is -2.23. The Bertz CT molecular complexity index is 281. The molecule has 0 aliphatic rings. The van der Waals surface area contributed by atoms with Crippen molar-refractivity contribution in [3.8, 4) is 0 Å². The molecular weight excluding hydrogens is 206 g/mol. The predicted molar refractivity (Wildman–Crippen MR) is 67.2 cm³/mol. The Morgan fingerprint density at radius 1 is 1.27 bits per heavy atom. The minimum absolute atomic E-state index is 0.580. The van der Waals surface area contributed by atoms with Gasteiger partial charge in [-0.2, -0.15) is 0 Å². The van der Waals surface area contributed by atoms with E-state index in [-0.39, 0.29) is 0 Å². The molecule has 0 saturated heterocycles. The van der Waals surface area contributed by atoms with E-state index in [0.717, 1.165) is 18.0 Å². The summed E-state index contributed by atoms with van der Waals surface area (Å²) >= 11 is 5.85. The number of benzene rings is 1. The standard InChI is InChI=1S/C13H20ClN/c1-3-10(2)12(9-15)8-11-4-6-13(14)7-5-11/h4-7,10,12H,3,8-9,15H2,1-2H3. The maximum absolute atomic E-state index is 5.85. The third-order valence-corrected chi connectivity index (χ3v) is 3.41. The lowest BCUT2D eigenvalue weighted by molar-refractivity contribution is 0.354. The first kappa shape index (κ1) is 12.5. The van der Waals surface area contributed by atoms with Crippen LogP contribution in [0.1, 0.15) is 25.8 Å². The Morgan fingerprint density at radius 2 is 1.87 bits per heavy atom. The summed E-state index contributed by atoms with van der Waals surface area (Å²) in [6.45, 7) is 5.25. The SMILES string of the molecule is CCC(C)C(CN)Cc1ccc(Cl)cc1. The largest absolute Gasteiger partial charge is 0.330 e. The van der Waals surface area contributed by atoms with Crippen LogP contribution in [-0.4, -0.2) is 6.54 Å². The smallest absolute Gasteiger partial charge is 0.0406 e. The van der Waals surface area contributed by atoms with E-state index in [2.05, 4.69) is 26.0 Å². The van der Waals surface area contributed by atoms with Crippen LogP contribution in [0.2, 0.25) is 5.02 Å². The zero-order valence-corrected chi connectivity index (χ0v) is 10.3. The summed E-state index contributed by atoms with van der Waals surface area (Å²) in [6, 6.07) is 8.07. The molecule has 1 nitrogen and oxygen atoms in total. The van der Waals surface area contributed by atoms with Crippen molar-refractivity contribution >= 4 is 11.6 Å². The van der Waals surface area contributed by atoms with Crippen molar-refractivity contribution in [3.05, 3.63) is 34.9 Å². The van der Waals surface area contributed by atoms with Gasteiger partial charge in [-0.25, -0.2) is 0 Å². The second-order valence-corrected chi connectivity index (χ2v) is 4.65. The molecule has 1 aromatic rings. The summed E-state index contributed by atoms with van der Waals surface area (Å²) in [7, 11) is 0. The number of rotatable bonds is 5. The van der Waals surface area contributed by atoms with Gasteiger partial charge in [0.15, 0.2) is 0 Å². The van der Waals surface area contributed by atoms with Gasteiger partial charge < -0.3 is 5.73 Å². The fraction of sp³-hybridized carbons (Fsp3) is 0.538. The van der Waals surface area contributed by atoms with E-state index in [4.69, 9.17) is 17.3 Å². The second-order valence-electron chi connectivity index (χ2n) is 4.21. The van der Waals surface area contributed by atoms with E-state index in [0.29, 0.717) is 11.8 Å². The summed E-state index contributed by atoms with van der Waals surface area (Å²) in [6.07, 6.45) is 2.25. The Kier molecular flexibility index (Phi) is 5.13. The van der Waals surface area contributed by atoms with Gasteiger partial charge in [-0.1, -0.05) is 44.0 Å². The van der Waals surface area contributed by atoms with Gasteiger partial charge in [0.1, 0.15) is 0 Å². The molecule has 0 aromatic heterocycles. The molecule has 0 bridgehead atoms. The fourth-order valence-corrected chi connectivity index (χ4v) is 1.90. The van der Waals surface area contributed by atoms with Gasteiger partial charge in [0.05, 0.1) is 0 Å². The van der Waals surface area contributed by atoms with Crippen molar-refractivity contribution < 1.29 is 0 Å². The van der Waals surface area contributed by atoms with E-state index in [1.165, 1.54) is 12.0 Å². The molecule has 1 aromatic carbocycles. The van der Waals surface area contributed by atoms with Crippen molar-refractivity contribution in [2.75, 3.05) is 6.54 Å². The van der Waals surface area contributed by atoms with Gasteiger partial charge in [-0.15, -0.1) is 0 Å². The van der Waals surface area contributed by atoms with E-state index in [1.54, 1.807) is 0 Å². The molecule has 0 radical (unpaired) electrons. The number of hydrogen-bond donors (Lipinski definition) is 1. The zero-order valence-electron chi connectivity index (χ0n) is 9.54. The van der Waals surface area contributed by atoms with Crippen LogP contribution >= 0.6 is 11.6 Å². The molecule has 2 N–H and O–H groups in total. The van der Waals surface area contributed by atoms with E-state index in [9.17, 15) is 0 Å². The van der Waals surface area contributed by atoms with Crippen LogP contribution in [0.5, 0.6) is 0 Å². The van der Waals surface area contributed by atoms with Gasteiger partial charge in [0, 0.05) is 5.02 Å². The highest BCUT2D eigenvalue weighted by Gasteiger charge is 2.14. The normalized spacial score (nSPS) is 14.9. The van der Waals surface area contributed by atoms with Crippen LogP contribution in [0.15, 0.2) is 24.3 Å². The number of halogens is 1. The molecule has 0 amide bonds. The molecule has 2 unspecified atom stereocenters. The molecule has 84 valence electrons. The Labute approximate surface area is 97.6 Å². The molecule has 0 saturated carbocycles. The van der Waals surface area contributed by atoms with Crippen molar-refractivity contribution in [1.82, 2.24) is 0 Å². The molecule has 15 heavy (non-hydrogen) atoms. The van der Waals surface area contributed by atoms with Gasteiger partial charge in [0.2, 0.25) is 0 Å². The summed E-state index contributed by atoms with van der Waals surface area (Å²) < 4.78 is 0. The first-order valence-electron chi connectivity index (χ1n) is 5.61. The molecule has 2 atom stereocenters. The molecule has 1 rings (SSSR count). The number of nitrogens with two attached hydrogens (primary N) is 1. The van der Waals surface area contributed by atoms with E-state index in [1.807, 2.05) is 12.1 Å². The maximum atomic E-state index is 5.85. The molecule has 0 fully saturated rings. The molecular formula is C13H20ClN. The lowest BCUT2D eigenvalue weighted by Gasteiger charge is -2.21. The van der Waals surface area contributed by atoms with Crippen molar-refractivity contribution in [1.29, 1.82) is 0 Å². The van der Waals surface area contributed by atoms with E-state index >= 15 is 0 Å². The lowest BCUT2D eigenvalue weighted by atomic mass is 9.86. The van der Waals surface area contributed by atoms with Crippen LogP contribution < -0.4 is 5.73 Å². The number of hydrogen-bond acceptors (Lipinski definition) is 1. The average molecular weight is 226 g/mol. The van der Waals surface area contributed by atoms with Gasteiger partial charge in [-0.3, -0.25) is 0 Å². The minimum atomic E-state index is 0.580. The highest BCUT2D eigenvalue weighted by molar-refractivity contribution is 6.30. The van der Waals surface area contributed by atoms with Crippen molar-refractivity contribution in [2.45, 2.75) is 26.7 Å². The highest BCUT2D eigenvalue weighted by Crippen LogP contribution is 2.20. The zero-order chi connectivity index (χ0) is 11.3. The highest BCUT2D eigenvalue weighted by atomic mass is 35.5. The third kappa shape index (κ3) is 3.84. The Balaban J connectivity index is 2.62. The van der Waals surface area contributed by atoms with Crippen LogP contribution in [0.25, 0.3) is 0 Å². The first-order valence-corrected chi connectivity index (χ1v) is 5.99. The Morgan fingerprint density at radius 3 is 2.33 bits per heavy atom. The quantitative estimate of drug-likeness (QED) is 0.816. The minimum Gasteiger partial charge on any atom is -0.330 e. The van der Waals surface area contributed by atoms with Crippen LogP contribution in [0.3, 0.4) is 0 Å². The molecule has 0 heterocycles. The molecule has 0 aliphatic carbocycles. The average Bonchev–Trinajstić information content (AvgIpc) is 2.27. The van der Waals surface area contributed by atoms with E-state index < -0.39 is 0 Å². The summed E-state index contributed by atoms with van der Waals surface area (Å²) in [5.41, 5.74) is 7.13. The van der Waals surface area contributed by atoms with Crippen molar-refractivity contribution in [2.24, 2.45) is 17.6 Å². The molecule has 0 spiro atoms. The maximum Gasteiger partial charge on any atom is 0.0406 e. The third-order valence-electron chi connectivity index (χ3n) is 3.16. The fourth-order valence-electron chi connectivity index (χ4n) is 1.77. The van der Waals surface area contributed by atoms with Crippen LogP contribution in [0, 0.1) is 11.8 Å². The predicted octanol–water partition coefficient (Wildman–Crippen LogP) is 3.50. The summed E-state index contributed by atoms with van der Waals surface area (Å²) in [5, 5.41) is 0.798.